The molecule has 1 atom stereocenters. The zero-order chi connectivity index (χ0) is 21.2. The van der Waals surface area contributed by atoms with Gasteiger partial charge in [-0.05, 0) is 44.6 Å². The Bertz CT molecular complexity index is 650. The fraction of sp³-hybridized carbons (Fsp3) is 0.682. The molecule has 2 N–H and O–H groups in total. The summed E-state index contributed by atoms with van der Waals surface area (Å²) >= 11 is 0. The standard InChI is InChI=1S/C22H38FN5O/c1-6-24-22(26-13-20-16-28(9-10-29-20)14-17(2)3)25-12-18-7-8-21(23)19(11-18)15-27(4)5/h7-8,11,17,20H,6,9-10,12-16H2,1-5H3,(H2,24,25,26). The van der Waals surface area contributed by atoms with Crippen LogP contribution >= 0.6 is 0 Å². The smallest absolute Gasteiger partial charge is 0.191 e. The molecular formula is C22H38FN5O. The number of benzene rings is 1. The number of guanidine groups is 1. The second kappa shape index (κ2) is 12.1. The van der Waals surface area contributed by atoms with Crippen LogP contribution in [0.15, 0.2) is 23.2 Å². The minimum absolute atomic E-state index is 0.156. The first-order valence-corrected chi connectivity index (χ1v) is 10.7. The predicted octanol–water partition coefficient (Wildman–Crippen LogP) is 2.30. The molecule has 0 spiro atoms. The first-order valence-electron chi connectivity index (χ1n) is 10.7. The molecule has 6 nitrogen and oxygen atoms in total. The molecule has 1 heterocycles. The van der Waals surface area contributed by atoms with E-state index in [4.69, 9.17) is 4.74 Å². The van der Waals surface area contributed by atoms with Crippen molar-refractivity contribution in [2.45, 2.75) is 40.0 Å². The molecule has 2 rings (SSSR count). The van der Waals surface area contributed by atoms with Crippen molar-refractivity contribution in [2.75, 3.05) is 53.4 Å². The third-order valence-electron chi connectivity index (χ3n) is 4.70. The Hall–Kier alpha value is -1.70. The van der Waals surface area contributed by atoms with Gasteiger partial charge < -0.3 is 20.3 Å². The maximum atomic E-state index is 14.0. The first kappa shape index (κ1) is 23.6. The minimum Gasteiger partial charge on any atom is -0.374 e. The second-order valence-electron chi connectivity index (χ2n) is 8.39. The van der Waals surface area contributed by atoms with Crippen LogP contribution in [0.2, 0.25) is 0 Å². The molecule has 29 heavy (non-hydrogen) atoms. The SMILES string of the molecule is CCNC(=NCc1ccc(F)c(CN(C)C)c1)NCC1CN(CC(C)C)CCO1. The van der Waals surface area contributed by atoms with Crippen molar-refractivity contribution >= 4 is 5.96 Å². The zero-order valence-electron chi connectivity index (χ0n) is 18.7. The van der Waals surface area contributed by atoms with Crippen LogP contribution in [0.25, 0.3) is 0 Å². The zero-order valence-corrected chi connectivity index (χ0v) is 18.7. The molecule has 0 saturated carbocycles. The summed E-state index contributed by atoms with van der Waals surface area (Å²) in [5, 5.41) is 6.68. The van der Waals surface area contributed by atoms with Crippen LogP contribution in [0.4, 0.5) is 4.39 Å². The molecule has 0 amide bonds. The Labute approximate surface area is 175 Å². The first-order chi connectivity index (χ1) is 13.9. The number of aliphatic imine (C=N–C) groups is 1. The van der Waals surface area contributed by atoms with Gasteiger partial charge in [-0.15, -0.1) is 0 Å². The fourth-order valence-electron chi connectivity index (χ4n) is 3.50. The van der Waals surface area contributed by atoms with Gasteiger partial charge in [0.05, 0.1) is 19.3 Å². The van der Waals surface area contributed by atoms with Crippen LogP contribution in [0, 0.1) is 11.7 Å². The summed E-state index contributed by atoms with van der Waals surface area (Å²) in [5.74, 6) is 1.25. The summed E-state index contributed by atoms with van der Waals surface area (Å²) in [5.41, 5.74) is 1.69. The van der Waals surface area contributed by atoms with Crippen LogP contribution in [0.5, 0.6) is 0 Å². The highest BCUT2D eigenvalue weighted by Crippen LogP contribution is 2.13. The van der Waals surface area contributed by atoms with Gasteiger partial charge in [0.15, 0.2) is 5.96 Å². The molecule has 7 heteroatoms. The van der Waals surface area contributed by atoms with E-state index in [9.17, 15) is 4.39 Å². The van der Waals surface area contributed by atoms with E-state index in [0.29, 0.717) is 24.6 Å². The van der Waals surface area contributed by atoms with E-state index in [0.717, 1.165) is 50.9 Å². The fourth-order valence-corrected chi connectivity index (χ4v) is 3.50. The summed E-state index contributed by atoms with van der Waals surface area (Å²) in [7, 11) is 3.88. The van der Waals surface area contributed by atoms with E-state index in [1.165, 1.54) is 6.07 Å². The van der Waals surface area contributed by atoms with E-state index in [-0.39, 0.29) is 11.9 Å². The van der Waals surface area contributed by atoms with Crippen LogP contribution in [0.3, 0.4) is 0 Å². The van der Waals surface area contributed by atoms with Gasteiger partial charge in [-0.3, -0.25) is 4.90 Å². The molecule has 1 aromatic carbocycles. The number of halogens is 1. The largest absolute Gasteiger partial charge is 0.374 e. The van der Waals surface area contributed by atoms with Gasteiger partial charge in [-0.2, -0.15) is 0 Å². The number of hydrogen-bond donors (Lipinski definition) is 2. The maximum Gasteiger partial charge on any atom is 0.191 e. The molecule has 1 aliphatic rings. The van der Waals surface area contributed by atoms with E-state index in [1.807, 2.05) is 32.0 Å². The van der Waals surface area contributed by atoms with Gasteiger partial charge in [0.1, 0.15) is 5.82 Å². The van der Waals surface area contributed by atoms with E-state index in [2.05, 4.69) is 34.4 Å². The molecule has 1 saturated heterocycles. The molecule has 164 valence electrons. The van der Waals surface area contributed by atoms with Gasteiger partial charge in [0.2, 0.25) is 0 Å². The average Bonchev–Trinajstić information content (AvgIpc) is 2.65. The molecule has 1 unspecified atom stereocenters. The summed E-state index contributed by atoms with van der Waals surface area (Å²) < 4.78 is 19.9. The Morgan fingerprint density at radius 1 is 1.34 bits per heavy atom. The number of nitrogens with one attached hydrogen (secondary N) is 2. The number of nitrogens with zero attached hydrogens (tertiary/aromatic N) is 3. The maximum absolute atomic E-state index is 14.0. The predicted molar refractivity (Wildman–Crippen MR) is 118 cm³/mol. The molecule has 0 aromatic heterocycles. The van der Waals surface area contributed by atoms with Crippen LogP contribution < -0.4 is 10.6 Å². The Morgan fingerprint density at radius 3 is 2.83 bits per heavy atom. The van der Waals surface area contributed by atoms with Crippen LogP contribution in [-0.4, -0.2) is 75.3 Å². The lowest BCUT2D eigenvalue weighted by molar-refractivity contribution is -0.0284. The van der Waals surface area contributed by atoms with Crippen molar-refractivity contribution in [3.63, 3.8) is 0 Å². The number of ether oxygens (including phenoxy) is 1. The lowest BCUT2D eigenvalue weighted by Gasteiger charge is -2.34. The summed E-state index contributed by atoms with van der Waals surface area (Å²) in [6.07, 6.45) is 0.156. The lowest BCUT2D eigenvalue weighted by atomic mass is 10.1. The number of morpholine rings is 1. The third-order valence-corrected chi connectivity index (χ3v) is 4.70. The average molecular weight is 408 g/mol. The monoisotopic (exact) mass is 407 g/mol. The molecule has 0 radical (unpaired) electrons. The highest BCUT2D eigenvalue weighted by molar-refractivity contribution is 5.79. The molecule has 1 aliphatic heterocycles. The van der Waals surface area contributed by atoms with Crippen LogP contribution in [-0.2, 0) is 17.8 Å². The van der Waals surface area contributed by atoms with Crippen LogP contribution in [0.1, 0.15) is 31.9 Å². The van der Waals surface area contributed by atoms with Gasteiger partial charge in [0.25, 0.3) is 0 Å². The van der Waals surface area contributed by atoms with Gasteiger partial charge in [0, 0.05) is 44.8 Å². The quantitative estimate of drug-likeness (QED) is 0.486. The normalized spacial score (nSPS) is 18.5. The summed E-state index contributed by atoms with van der Waals surface area (Å²) in [4.78, 5) is 9.10. The van der Waals surface area contributed by atoms with Crippen molar-refractivity contribution in [1.82, 2.24) is 20.4 Å². The molecule has 0 aliphatic carbocycles. The molecule has 1 fully saturated rings. The van der Waals surface area contributed by atoms with Crippen molar-refractivity contribution in [3.8, 4) is 0 Å². The third kappa shape index (κ3) is 8.68. The second-order valence-corrected chi connectivity index (χ2v) is 8.39. The number of hydrogen-bond acceptors (Lipinski definition) is 4. The van der Waals surface area contributed by atoms with E-state index < -0.39 is 0 Å². The molecule has 0 bridgehead atoms. The molecule has 1 aromatic rings. The highest BCUT2D eigenvalue weighted by atomic mass is 19.1. The van der Waals surface area contributed by atoms with Crippen molar-refractivity contribution in [1.29, 1.82) is 0 Å². The Morgan fingerprint density at radius 2 is 2.14 bits per heavy atom. The van der Waals surface area contributed by atoms with Crippen molar-refractivity contribution in [3.05, 3.63) is 35.1 Å². The van der Waals surface area contributed by atoms with Gasteiger partial charge in [-0.1, -0.05) is 19.9 Å². The van der Waals surface area contributed by atoms with E-state index in [1.54, 1.807) is 6.07 Å². The minimum atomic E-state index is -0.170. The van der Waals surface area contributed by atoms with Crippen molar-refractivity contribution in [2.24, 2.45) is 10.9 Å². The van der Waals surface area contributed by atoms with E-state index >= 15 is 0 Å². The number of rotatable bonds is 9. The van der Waals surface area contributed by atoms with Gasteiger partial charge in [-0.25, -0.2) is 9.38 Å². The highest BCUT2D eigenvalue weighted by Gasteiger charge is 2.21. The van der Waals surface area contributed by atoms with Crippen molar-refractivity contribution < 1.29 is 9.13 Å². The lowest BCUT2D eigenvalue weighted by Crippen LogP contribution is -2.50. The van der Waals surface area contributed by atoms with Gasteiger partial charge >= 0.3 is 0 Å². The topological polar surface area (TPSA) is 52.1 Å². The molecular weight excluding hydrogens is 369 g/mol. The Balaban J connectivity index is 1.92. The summed E-state index contributed by atoms with van der Waals surface area (Å²) in [6.45, 7) is 12.9. The Kier molecular flexibility index (Phi) is 9.84. The summed E-state index contributed by atoms with van der Waals surface area (Å²) in [6, 6.07) is 5.23.